The summed E-state index contributed by atoms with van der Waals surface area (Å²) in [6, 6.07) is 6.78. The normalized spacial score (nSPS) is 11.0. The van der Waals surface area contributed by atoms with Gasteiger partial charge >= 0.3 is 0 Å². The van der Waals surface area contributed by atoms with Gasteiger partial charge in [-0.05, 0) is 19.1 Å². The Morgan fingerprint density at radius 1 is 1.35 bits per heavy atom. The second-order valence-electron chi connectivity index (χ2n) is 3.60. The molecule has 5 nitrogen and oxygen atoms in total. The Balaban J connectivity index is 3.13. The van der Waals surface area contributed by atoms with E-state index in [9.17, 15) is 13.2 Å². The van der Waals surface area contributed by atoms with E-state index < -0.39 is 10.0 Å². The molecule has 6 heteroatoms. The van der Waals surface area contributed by atoms with Gasteiger partial charge in [-0.3, -0.25) is 9.52 Å². The molecular formula is C11H16N2O3S. The number of amides is 1. The van der Waals surface area contributed by atoms with E-state index >= 15 is 0 Å². The Hall–Kier alpha value is -1.56. The van der Waals surface area contributed by atoms with Crippen molar-refractivity contribution < 1.29 is 13.2 Å². The van der Waals surface area contributed by atoms with Gasteiger partial charge in [0.1, 0.15) is 0 Å². The number of carbonyl (C=O) groups is 1. The molecule has 0 aliphatic rings. The third-order valence-electron chi connectivity index (χ3n) is 2.38. The number of anilines is 2. The van der Waals surface area contributed by atoms with Crippen LogP contribution in [0.5, 0.6) is 0 Å². The van der Waals surface area contributed by atoms with Crippen molar-refractivity contribution in [3.63, 3.8) is 0 Å². The molecule has 17 heavy (non-hydrogen) atoms. The van der Waals surface area contributed by atoms with E-state index in [1.807, 2.05) is 0 Å². The van der Waals surface area contributed by atoms with Crippen molar-refractivity contribution >= 4 is 27.3 Å². The summed E-state index contributed by atoms with van der Waals surface area (Å²) in [5.74, 6) is -0.168. The predicted octanol–water partition coefficient (Wildman–Crippen LogP) is 1.43. The summed E-state index contributed by atoms with van der Waals surface area (Å²) in [7, 11) is -1.74. The van der Waals surface area contributed by atoms with Crippen molar-refractivity contribution in [2.24, 2.45) is 0 Å². The molecule has 1 rings (SSSR count). The Bertz CT molecular complexity index is 511. The van der Waals surface area contributed by atoms with Crippen LogP contribution < -0.4 is 9.62 Å². The summed E-state index contributed by atoms with van der Waals surface area (Å²) in [6.07, 6.45) is 0. The molecule has 0 bridgehead atoms. The van der Waals surface area contributed by atoms with Crippen molar-refractivity contribution in [2.45, 2.75) is 13.8 Å². The van der Waals surface area contributed by atoms with E-state index in [2.05, 4.69) is 4.72 Å². The van der Waals surface area contributed by atoms with Crippen LogP contribution in [0.1, 0.15) is 13.8 Å². The summed E-state index contributed by atoms with van der Waals surface area (Å²) >= 11 is 0. The molecule has 0 saturated carbocycles. The topological polar surface area (TPSA) is 66.5 Å². The molecule has 0 spiro atoms. The predicted molar refractivity (Wildman–Crippen MR) is 68.6 cm³/mol. The molecule has 0 atom stereocenters. The number of nitrogens with zero attached hydrogens (tertiary/aromatic N) is 1. The third kappa shape index (κ3) is 3.45. The van der Waals surface area contributed by atoms with Crippen molar-refractivity contribution in [2.75, 3.05) is 22.4 Å². The molecule has 0 unspecified atom stereocenters. The van der Waals surface area contributed by atoms with E-state index in [0.717, 1.165) is 0 Å². The van der Waals surface area contributed by atoms with Crippen molar-refractivity contribution in [3.05, 3.63) is 24.3 Å². The number of hydrogen-bond donors (Lipinski definition) is 1. The number of para-hydroxylation sites is 2. The molecule has 1 amide bonds. The zero-order valence-corrected chi connectivity index (χ0v) is 10.9. The fourth-order valence-corrected chi connectivity index (χ4v) is 1.91. The number of nitrogens with one attached hydrogen (secondary N) is 1. The minimum Gasteiger partial charge on any atom is -0.314 e. The lowest BCUT2D eigenvalue weighted by Crippen LogP contribution is -2.25. The maximum absolute atomic E-state index is 11.5. The van der Waals surface area contributed by atoms with E-state index in [0.29, 0.717) is 11.4 Å². The average Bonchev–Trinajstić information content (AvgIpc) is 2.28. The van der Waals surface area contributed by atoms with Crippen LogP contribution in [0.15, 0.2) is 24.3 Å². The average molecular weight is 256 g/mol. The molecule has 0 aromatic heterocycles. The first-order valence-corrected chi connectivity index (χ1v) is 6.86. The summed E-state index contributed by atoms with van der Waals surface area (Å²) in [5, 5.41) is 0. The maximum Gasteiger partial charge on any atom is 0.232 e. The third-order valence-corrected chi connectivity index (χ3v) is 3.67. The summed E-state index contributed by atoms with van der Waals surface area (Å²) in [6.45, 7) is 2.98. The van der Waals surface area contributed by atoms with Crippen LogP contribution in [-0.4, -0.2) is 27.1 Å². The second-order valence-corrected chi connectivity index (χ2v) is 5.61. The van der Waals surface area contributed by atoms with Gasteiger partial charge in [-0.15, -0.1) is 0 Å². The smallest absolute Gasteiger partial charge is 0.232 e. The van der Waals surface area contributed by atoms with Gasteiger partial charge < -0.3 is 4.90 Å². The minimum atomic E-state index is -3.34. The Kier molecular flexibility index (Phi) is 4.11. The van der Waals surface area contributed by atoms with Crippen molar-refractivity contribution in [1.82, 2.24) is 0 Å². The second kappa shape index (κ2) is 5.18. The monoisotopic (exact) mass is 256 g/mol. The summed E-state index contributed by atoms with van der Waals surface area (Å²) in [5.41, 5.74) is 0.948. The molecule has 0 aliphatic carbocycles. The zero-order chi connectivity index (χ0) is 13.1. The van der Waals surface area contributed by atoms with Crippen LogP contribution in [0.3, 0.4) is 0 Å². The van der Waals surface area contributed by atoms with Gasteiger partial charge in [-0.1, -0.05) is 12.1 Å². The lowest BCUT2D eigenvalue weighted by atomic mass is 10.2. The SMILES string of the molecule is CCS(=O)(=O)Nc1ccccc1N(C)C(C)=O. The minimum absolute atomic E-state index is 0.00881. The Morgan fingerprint density at radius 3 is 2.47 bits per heavy atom. The largest absolute Gasteiger partial charge is 0.314 e. The van der Waals surface area contributed by atoms with Crippen LogP contribution in [0.25, 0.3) is 0 Å². The molecule has 1 N–H and O–H groups in total. The van der Waals surface area contributed by atoms with E-state index in [4.69, 9.17) is 0 Å². The van der Waals surface area contributed by atoms with Crippen LogP contribution in [0, 0.1) is 0 Å². The highest BCUT2D eigenvalue weighted by molar-refractivity contribution is 7.92. The maximum atomic E-state index is 11.5. The fourth-order valence-electron chi connectivity index (χ4n) is 1.26. The number of sulfonamides is 1. The van der Waals surface area contributed by atoms with Gasteiger partial charge in [0.2, 0.25) is 15.9 Å². The van der Waals surface area contributed by atoms with Gasteiger partial charge in [0.15, 0.2) is 0 Å². The molecular weight excluding hydrogens is 240 g/mol. The van der Waals surface area contributed by atoms with Gasteiger partial charge in [0, 0.05) is 14.0 Å². The molecule has 94 valence electrons. The van der Waals surface area contributed by atoms with Gasteiger partial charge in [0.25, 0.3) is 0 Å². The first kappa shape index (κ1) is 13.5. The van der Waals surface area contributed by atoms with Crippen LogP contribution in [0.2, 0.25) is 0 Å². The van der Waals surface area contributed by atoms with Gasteiger partial charge in [-0.25, -0.2) is 8.42 Å². The highest BCUT2D eigenvalue weighted by Gasteiger charge is 2.14. The quantitative estimate of drug-likeness (QED) is 0.886. The van der Waals surface area contributed by atoms with Crippen LogP contribution in [0.4, 0.5) is 11.4 Å². The first-order valence-electron chi connectivity index (χ1n) is 5.21. The molecule has 0 saturated heterocycles. The highest BCUT2D eigenvalue weighted by Crippen LogP contribution is 2.25. The van der Waals surface area contributed by atoms with E-state index in [1.54, 1.807) is 38.2 Å². The summed E-state index contributed by atoms with van der Waals surface area (Å²) < 4.78 is 25.4. The standard InChI is InChI=1S/C11H16N2O3S/c1-4-17(15,16)12-10-7-5-6-8-11(10)13(3)9(2)14/h5-8,12H,4H2,1-3H3. The first-order chi connectivity index (χ1) is 7.87. The fraction of sp³-hybridized carbons (Fsp3) is 0.364. The van der Waals surface area contributed by atoms with Gasteiger partial charge in [0.05, 0.1) is 17.1 Å². The molecule has 0 aliphatic heterocycles. The van der Waals surface area contributed by atoms with Crippen LogP contribution >= 0.6 is 0 Å². The Labute approximate surface area is 101 Å². The number of rotatable bonds is 4. The van der Waals surface area contributed by atoms with Gasteiger partial charge in [-0.2, -0.15) is 0 Å². The highest BCUT2D eigenvalue weighted by atomic mass is 32.2. The molecule has 1 aromatic carbocycles. The molecule has 0 heterocycles. The lowest BCUT2D eigenvalue weighted by Gasteiger charge is -2.19. The van der Waals surface area contributed by atoms with Crippen LogP contribution in [-0.2, 0) is 14.8 Å². The molecule has 0 radical (unpaired) electrons. The Morgan fingerprint density at radius 2 is 1.94 bits per heavy atom. The van der Waals surface area contributed by atoms with Crippen molar-refractivity contribution in [3.8, 4) is 0 Å². The number of hydrogen-bond acceptors (Lipinski definition) is 3. The van der Waals surface area contributed by atoms with E-state index in [1.165, 1.54) is 11.8 Å². The van der Waals surface area contributed by atoms with E-state index in [-0.39, 0.29) is 11.7 Å². The number of carbonyl (C=O) groups excluding carboxylic acids is 1. The lowest BCUT2D eigenvalue weighted by molar-refractivity contribution is -0.116. The number of benzene rings is 1. The summed E-state index contributed by atoms with van der Waals surface area (Å²) in [4.78, 5) is 12.7. The van der Waals surface area contributed by atoms with Crippen molar-refractivity contribution in [1.29, 1.82) is 0 Å². The zero-order valence-electron chi connectivity index (χ0n) is 10.1. The molecule has 1 aromatic rings. The molecule has 0 fully saturated rings.